The Bertz CT molecular complexity index is 579. The topological polar surface area (TPSA) is 77.0 Å². The summed E-state index contributed by atoms with van der Waals surface area (Å²) in [5.41, 5.74) is 6.93. The van der Waals surface area contributed by atoms with Gasteiger partial charge in [-0.25, -0.2) is 9.97 Å². The maximum Gasteiger partial charge on any atom is 0.223 e. The number of nitrogens with zero attached hydrogens (tertiary/aromatic N) is 2. The van der Waals surface area contributed by atoms with Gasteiger partial charge in [0.15, 0.2) is 0 Å². The van der Waals surface area contributed by atoms with E-state index in [1.807, 2.05) is 26.0 Å². The number of hydrogen-bond acceptors (Lipinski definition) is 5. The first-order valence-corrected chi connectivity index (χ1v) is 5.90. The van der Waals surface area contributed by atoms with E-state index in [2.05, 4.69) is 15.3 Å². The molecule has 0 aliphatic rings. The van der Waals surface area contributed by atoms with Crippen LogP contribution < -0.4 is 11.1 Å². The zero-order chi connectivity index (χ0) is 13.1. The van der Waals surface area contributed by atoms with E-state index in [0.29, 0.717) is 18.2 Å². The van der Waals surface area contributed by atoms with Gasteiger partial charge in [-0.3, -0.25) is 0 Å². The lowest BCUT2D eigenvalue weighted by Gasteiger charge is -2.06. The minimum atomic E-state index is 0.261. The lowest BCUT2D eigenvalue weighted by Crippen LogP contribution is -2.14. The van der Waals surface area contributed by atoms with Crippen molar-refractivity contribution in [3.8, 4) is 0 Å². The zero-order valence-electron chi connectivity index (χ0n) is 10.2. The van der Waals surface area contributed by atoms with Gasteiger partial charge in [-0.1, -0.05) is 12.2 Å². The largest absolute Gasteiger partial charge is 0.465 e. The van der Waals surface area contributed by atoms with Crippen LogP contribution in [-0.4, -0.2) is 15.0 Å². The highest BCUT2D eigenvalue weighted by atomic mass is 32.1. The van der Waals surface area contributed by atoms with Crippen LogP contribution in [0.15, 0.2) is 22.6 Å². The van der Waals surface area contributed by atoms with Crippen molar-refractivity contribution in [2.75, 3.05) is 5.32 Å². The van der Waals surface area contributed by atoms with E-state index in [1.54, 1.807) is 6.07 Å². The van der Waals surface area contributed by atoms with E-state index in [-0.39, 0.29) is 4.99 Å². The van der Waals surface area contributed by atoms with Crippen molar-refractivity contribution >= 4 is 23.2 Å². The van der Waals surface area contributed by atoms with E-state index < -0.39 is 0 Å². The van der Waals surface area contributed by atoms with Gasteiger partial charge in [-0.05, 0) is 32.0 Å². The summed E-state index contributed by atoms with van der Waals surface area (Å²) >= 11 is 4.90. The van der Waals surface area contributed by atoms with Crippen LogP contribution in [0.3, 0.4) is 0 Å². The van der Waals surface area contributed by atoms with E-state index >= 15 is 0 Å². The van der Waals surface area contributed by atoms with Crippen molar-refractivity contribution < 1.29 is 4.42 Å². The molecular weight excluding hydrogens is 248 g/mol. The predicted molar refractivity (Wildman–Crippen MR) is 73.4 cm³/mol. The van der Waals surface area contributed by atoms with Crippen LogP contribution in [0.5, 0.6) is 0 Å². The molecule has 0 unspecified atom stereocenters. The summed E-state index contributed by atoms with van der Waals surface area (Å²) in [5, 5.41) is 3.08. The lowest BCUT2D eigenvalue weighted by atomic mass is 10.3. The lowest BCUT2D eigenvalue weighted by molar-refractivity contribution is 0.490. The van der Waals surface area contributed by atoms with Crippen LogP contribution in [0, 0.1) is 13.8 Å². The van der Waals surface area contributed by atoms with Crippen LogP contribution in [-0.2, 0) is 6.54 Å². The first-order chi connectivity index (χ1) is 8.54. The quantitative estimate of drug-likeness (QED) is 0.820. The Morgan fingerprint density at radius 3 is 2.78 bits per heavy atom. The fourth-order valence-corrected chi connectivity index (χ4v) is 1.62. The Kier molecular flexibility index (Phi) is 3.57. The molecule has 0 aromatic carbocycles. The molecule has 18 heavy (non-hydrogen) atoms. The maximum absolute atomic E-state index is 5.56. The van der Waals surface area contributed by atoms with Gasteiger partial charge in [0.2, 0.25) is 5.95 Å². The number of anilines is 1. The molecular formula is C12H14N4OS. The number of rotatable bonds is 4. The molecule has 94 valence electrons. The van der Waals surface area contributed by atoms with Crippen LogP contribution >= 0.6 is 12.2 Å². The Morgan fingerprint density at radius 2 is 2.17 bits per heavy atom. The van der Waals surface area contributed by atoms with Crippen molar-refractivity contribution in [3.63, 3.8) is 0 Å². The molecule has 5 nitrogen and oxygen atoms in total. The maximum atomic E-state index is 5.56. The van der Waals surface area contributed by atoms with Crippen LogP contribution in [0.25, 0.3) is 0 Å². The molecule has 2 aromatic rings. The summed E-state index contributed by atoms with van der Waals surface area (Å²) in [6.07, 6.45) is 0. The summed E-state index contributed by atoms with van der Waals surface area (Å²) < 4.78 is 5.44. The number of nitrogens with one attached hydrogen (secondary N) is 1. The Balaban J connectivity index is 2.11. The van der Waals surface area contributed by atoms with E-state index in [4.69, 9.17) is 22.4 Å². The predicted octanol–water partition coefficient (Wildman–Crippen LogP) is 1.93. The fraction of sp³-hybridized carbons (Fsp3) is 0.250. The molecule has 0 aliphatic heterocycles. The highest BCUT2D eigenvalue weighted by Gasteiger charge is 2.05. The first kappa shape index (κ1) is 12.5. The average molecular weight is 262 g/mol. The third-order valence-corrected chi connectivity index (χ3v) is 2.53. The van der Waals surface area contributed by atoms with Gasteiger partial charge >= 0.3 is 0 Å². The van der Waals surface area contributed by atoms with Crippen LogP contribution in [0.4, 0.5) is 5.95 Å². The monoisotopic (exact) mass is 262 g/mol. The summed E-state index contributed by atoms with van der Waals surface area (Å²) in [5.74, 6) is 2.20. The summed E-state index contributed by atoms with van der Waals surface area (Å²) in [6.45, 7) is 4.29. The second kappa shape index (κ2) is 5.14. The molecule has 0 bridgehead atoms. The summed E-state index contributed by atoms with van der Waals surface area (Å²) in [6, 6.07) is 5.58. The second-order valence-electron chi connectivity index (χ2n) is 3.95. The first-order valence-electron chi connectivity index (χ1n) is 5.49. The highest BCUT2D eigenvalue weighted by Crippen LogP contribution is 2.10. The molecule has 0 fully saturated rings. The van der Waals surface area contributed by atoms with Gasteiger partial charge in [-0.2, -0.15) is 0 Å². The van der Waals surface area contributed by atoms with Crippen LogP contribution in [0.2, 0.25) is 0 Å². The Labute approximate surface area is 110 Å². The molecule has 3 N–H and O–H groups in total. The van der Waals surface area contributed by atoms with Gasteiger partial charge in [0.05, 0.1) is 6.54 Å². The summed E-state index contributed by atoms with van der Waals surface area (Å²) in [4.78, 5) is 8.75. The van der Waals surface area contributed by atoms with Gasteiger partial charge < -0.3 is 15.5 Å². The van der Waals surface area contributed by atoms with Crippen LogP contribution in [0.1, 0.15) is 22.9 Å². The van der Waals surface area contributed by atoms with Crippen molar-refractivity contribution in [2.24, 2.45) is 5.73 Å². The van der Waals surface area contributed by atoms with Crippen molar-refractivity contribution in [1.29, 1.82) is 0 Å². The van der Waals surface area contributed by atoms with Gasteiger partial charge in [0, 0.05) is 5.69 Å². The fourth-order valence-electron chi connectivity index (χ4n) is 1.52. The molecule has 0 amide bonds. The van der Waals surface area contributed by atoms with Crippen molar-refractivity contribution in [2.45, 2.75) is 20.4 Å². The molecule has 0 spiro atoms. The van der Waals surface area contributed by atoms with E-state index in [0.717, 1.165) is 17.2 Å². The van der Waals surface area contributed by atoms with Crippen molar-refractivity contribution in [3.05, 3.63) is 41.1 Å². The van der Waals surface area contributed by atoms with Gasteiger partial charge in [0.1, 0.15) is 22.2 Å². The minimum absolute atomic E-state index is 0.261. The summed E-state index contributed by atoms with van der Waals surface area (Å²) in [7, 11) is 0. The van der Waals surface area contributed by atoms with E-state index in [9.17, 15) is 0 Å². The molecule has 0 radical (unpaired) electrons. The number of nitrogens with two attached hydrogens (primary N) is 1. The number of furan rings is 1. The smallest absolute Gasteiger partial charge is 0.223 e. The standard InChI is InChI=1S/C12H14N4OS/c1-7-5-10(11(13)18)16-12(15-7)14-6-9-4-3-8(2)17-9/h3-5H,6H2,1-2H3,(H2,13,18)(H,14,15,16). The molecule has 2 rings (SSSR count). The Hall–Kier alpha value is -1.95. The average Bonchev–Trinajstić information content (AvgIpc) is 2.72. The Morgan fingerprint density at radius 1 is 1.39 bits per heavy atom. The second-order valence-corrected chi connectivity index (χ2v) is 4.39. The SMILES string of the molecule is Cc1cc(C(N)=S)nc(NCc2ccc(C)o2)n1. The number of aryl methyl sites for hydroxylation is 2. The molecule has 0 atom stereocenters. The minimum Gasteiger partial charge on any atom is -0.465 e. The molecule has 0 saturated heterocycles. The third-order valence-electron chi connectivity index (χ3n) is 2.32. The zero-order valence-corrected chi connectivity index (χ0v) is 11.0. The molecule has 0 saturated carbocycles. The molecule has 6 heteroatoms. The van der Waals surface area contributed by atoms with E-state index in [1.165, 1.54) is 0 Å². The van der Waals surface area contributed by atoms with Gasteiger partial charge in [0.25, 0.3) is 0 Å². The normalized spacial score (nSPS) is 10.3. The number of thiocarbonyl (C=S) groups is 1. The highest BCUT2D eigenvalue weighted by molar-refractivity contribution is 7.80. The molecule has 0 aliphatic carbocycles. The molecule has 2 aromatic heterocycles. The molecule has 2 heterocycles. The number of aromatic nitrogens is 2. The number of hydrogen-bond donors (Lipinski definition) is 2. The third kappa shape index (κ3) is 3.04. The van der Waals surface area contributed by atoms with Gasteiger partial charge in [-0.15, -0.1) is 0 Å². The van der Waals surface area contributed by atoms with Crippen molar-refractivity contribution in [1.82, 2.24) is 9.97 Å².